The van der Waals surface area contributed by atoms with Crippen LogP contribution < -0.4 is 0 Å². The van der Waals surface area contributed by atoms with E-state index < -0.39 is 0 Å². The molecule has 0 bridgehead atoms. The van der Waals surface area contributed by atoms with Crippen LogP contribution in [0.3, 0.4) is 0 Å². The number of halogens is 1. The molecule has 0 aliphatic carbocycles. The number of hydrogen-bond donors (Lipinski definition) is 1. The molecule has 0 spiro atoms. The van der Waals surface area contributed by atoms with Crippen LogP contribution in [-0.2, 0) is 0 Å². The molecule has 0 atom stereocenters. The minimum atomic E-state index is 0. The smallest absolute Gasteiger partial charge is 0.230 e. The van der Waals surface area contributed by atoms with Gasteiger partial charge in [0.15, 0.2) is 0 Å². The number of fused-ring (bicyclic) bond motifs is 1. The topological polar surface area (TPSA) is 37.5 Å². The summed E-state index contributed by atoms with van der Waals surface area (Å²) in [4.78, 5) is 3.83. The Bertz CT molecular complexity index is 325. The Hall–Kier alpha value is -1.22. The summed E-state index contributed by atoms with van der Waals surface area (Å²) >= 11 is 0. The lowest BCUT2D eigenvalue weighted by atomic mass is 10.5. The van der Waals surface area contributed by atoms with Crippen LogP contribution in [-0.4, -0.2) is 14.5 Å². The van der Waals surface area contributed by atoms with Gasteiger partial charge in [0.2, 0.25) is 5.88 Å². The monoisotopic (exact) mass is 170 g/mol. The van der Waals surface area contributed by atoms with Gasteiger partial charge in [0.1, 0.15) is 5.65 Å². The molecule has 3 nitrogen and oxygen atoms in total. The normalized spacial score (nSPS) is 9.45. The summed E-state index contributed by atoms with van der Waals surface area (Å²) < 4.78 is 1.76. The maximum atomic E-state index is 8.92. The van der Waals surface area contributed by atoms with E-state index in [1.807, 2.05) is 24.4 Å². The molecular formula is C7H7ClN2O. The number of pyridine rings is 1. The number of nitrogens with zero attached hydrogens (tertiary/aromatic N) is 2. The van der Waals surface area contributed by atoms with E-state index in [4.69, 9.17) is 5.11 Å². The molecule has 2 heterocycles. The van der Waals surface area contributed by atoms with E-state index in [-0.39, 0.29) is 18.3 Å². The Kier molecular flexibility index (Phi) is 2.01. The van der Waals surface area contributed by atoms with Crippen molar-refractivity contribution < 1.29 is 5.11 Å². The molecule has 0 amide bonds. The van der Waals surface area contributed by atoms with Crippen molar-refractivity contribution in [2.75, 3.05) is 0 Å². The van der Waals surface area contributed by atoms with Gasteiger partial charge in [0.05, 0.1) is 6.20 Å². The van der Waals surface area contributed by atoms with Crippen LogP contribution in [0.2, 0.25) is 0 Å². The maximum Gasteiger partial charge on any atom is 0.230 e. The van der Waals surface area contributed by atoms with Crippen molar-refractivity contribution in [2.24, 2.45) is 0 Å². The van der Waals surface area contributed by atoms with Crippen LogP contribution in [0.15, 0.2) is 30.6 Å². The molecule has 0 fully saturated rings. The molecule has 0 unspecified atom stereocenters. The van der Waals surface area contributed by atoms with Crippen molar-refractivity contribution >= 4 is 18.1 Å². The molecule has 0 radical (unpaired) electrons. The summed E-state index contributed by atoms with van der Waals surface area (Å²) in [6, 6.07) is 5.59. The standard InChI is InChI=1S/C7H6N2O.ClH/c10-7-5-9-4-2-1-3-6(9)8-7;/h1-5,10H;1H. The lowest BCUT2D eigenvalue weighted by Crippen LogP contribution is -1.77. The van der Waals surface area contributed by atoms with Gasteiger partial charge in [-0.3, -0.25) is 0 Å². The van der Waals surface area contributed by atoms with Gasteiger partial charge >= 0.3 is 0 Å². The van der Waals surface area contributed by atoms with Crippen LogP contribution >= 0.6 is 12.4 Å². The zero-order valence-electron chi connectivity index (χ0n) is 5.64. The molecule has 11 heavy (non-hydrogen) atoms. The molecular weight excluding hydrogens is 164 g/mol. The Morgan fingerprint density at radius 3 is 2.91 bits per heavy atom. The Morgan fingerprint density at radius 1 is 1.36 bits per heavy atom. The predicted octanol–water partition coefficient (Wildman–Crippen LogP) is 1.46. The van der Waals surface area contributed by atoms with Crippen molar-refractivity contribution in [3.63, 3.8) is 0 Å². The Morgan fingerprint density at radius 2 is 2.18 bits per heavy atom. The van der Waals surface area contributed by atoms with Crippen LogP contribution in [0, 0.1) is 0 Å². The summed E-state index contributed by atoms with van der Waals surface area (Å²) in [5, 5.41) is 8.92. The summed E-state index contributed by atoms with van der Waals surface area (Å²) in [5.74, 6) is 0.0613. The van der Waals surface area contributed by atoms with Crippen LogP contribution in [0.1, 0.15) is 0 Å². The Labute approximate surface area is 69.7 Å². The minimum Gasteiger partial charge on any atom is -0.492 e. The van der Waals surface area contributed by atoms with Gasteiger partial charge in [-0.25, -0.2) is 0 Å². The fourth-order valence-electron chi connectivity index (χ4n) is 0.921. The highest BCUT2D eigenvalue weighted by Gasteiger charge is 1.94. The molecule has 58 valence electrons. The van der Waals surface area contributed by atoms with Gasteiger partial charge in [-0.2, -0.15) is 4.98 Å². The molecule has 2 aromatic rings. The molecule has 0 saturated carbocycles. The van der Waals surface area contributed by atoms with Crippen molar-refractivity contribution in [1.29, 1.82) is 0 Å². The number of rotatable bonds is 0. The summed E-state index contributed by atoms with van der Waals surface area (Å²) in [6.45, 7) is 0. The first-order valence-corrected chi connectivity index (χ1v) is 2.99. The van der Waals surface area contributed by atoms with Crippen molar-refractivity contribution in [3.8, 4) is 5.88 Å². The Balaban J connectivity index is 0.000000605. The first-order chi connectivity index (χ1) is 4.86. The third kappa shape index (κ3) is 1.28. The fraction of sp³-hybridized carbons (Fsp3) is 0. The van der Waals surface area contributed by atoms with Crippen LogP contribution in [0.4, 0.5) is 0 Å². The van der Waals surface area contributed by atoms with Gasteiger partial charge < -0.3 is 9.51 Å². The number of hydrogen-bond acceptors (Lipinski definition) is 2. The lowest BCUT2D eigenvalue weighted by molar-refractivity contribution is 0.457. The van der Waals surface area contributed by atoms with E-state index in [1.54, 1.807) is 10.6 Å². The fourth-order valence-corrected chi connectivity index (χ4v) is 0.921. The van der Waals surface area contributed by atoms with Crippen molar-refractivity contribution in [3.05, 3.63) is 30.6 Å². The SMILES string of the molecule is Cl.Oc1cn2ccccc2n1. The average molecular weight is 171 g/mol. The highest BCUT2D eigenvalue weighted by molar-refractivity contribution is 5.85. The zero-order chi connectivity index (χ0) is 6.97. The third-order valence-electron chi connectivity index (χ3n) is 1.35. The number of imidazole rings is 1. The number of aromatic nitrogens is 2. The maximum absolute atomic E-state index is 8.92. The van der Waals surface area contributed by atoms with Crippen LogP contribution in [0.25, 0.3) is 5.65 Å². The highest BCUT2D eigenvalue weighted by Crippen LogP contribution is 2.07. The first kappa shape index (κ1) is 7.88. The van der Waals surface area contributed by atoms with E-state index in [1.165, 1.54) is 0 Å². The largest absolute Gasteiger partial charge is 0.492 e. The van der Waals surface area contributed by atoms with Gasteiger partial charge in [0.25, 0.3) is 0 Å². The van der Waals surface area contributed by atoms with E-state index in [9.17, 15) is 0 Å². The van der Waals surface area contributed by atoms with Crippen molar-refractivity contribution in [1.82, 2.24) is 9.38 Å². The minimum absolute atomic E-state index is 0. The van der Waals surface area contributed by atoms with Gasteiger partial charge in [-0.1, -0.05) is 6.07 Å². The van der Waals surface area contributed by atoms with E-state index in [0.29, 0.717) is 0 Å². The predicted molar refractivity (Wildman–Crippen MR) is 44.1 cm³/mol. The van der Waals surface area contributed by atoms with E-state index in [0.717, 1.165) is 5.65 Å². The van der Waals surface area contributed by atoms with Gasteiger partial charge in [0, 0.05) is 6.20 Å². The van der Waals surface area contributed by atoms with E-state index >= 15 is 0 Å². The quantitative estimate of drug-likeness (QED) is 0.650. The summed E-state index contributed by atoms with van der Waals surface area (Å²) in [5.41, 5.74) is 0.764. The molecule has 4 heteroatoms. The molecule has 1 N–H and O–H groups in total. The average Bonchev–Trinajstić information content (AvgIpc) is 2.27. The highest BCUT2D eigenvalue weighted by atomic mass is 35.5. The second kappa shape index (κ2) is 2.80. The second-order valence-corrected chi connectivity index (χ2v) is 2.07. The van der Waals surface area contributed by atoms with Gasteiger partial charge in [-0.15, -0.1) is 12.4 Å². The molecule has 0 aromatic carbocycles. The summed E-state index contributed by atoms with van der Waals surface area (Å²) in [7, 11) is 0. The van der Waals surface area contributed by atoms with Crippen molar-refractivity contribution in [2.45, 2.75) is 0 Å². The van der Waals surface area contributed by atoms with Crippen LogP contribution in [0.5, 0.6) is 5.88 Å². The second-order valence-electron chi connectivity index (χ2n) is 2.07. The molecule has 0 aliphatic rings. The zero-order valence-corrected chi connectivity index (χ0v) is 6.45. The van der Waals surface area contributed by atoms with Gasteiger partial charge in [-0.05, 0) is 12.1 Å². The summed E-state index contributed by atoms with van der Waals surface area (Å²) in [6.07, 6.45) is 3.40. The third-order valence-corrected chi connectivity index (χ3v) is 1.35. The molecule has 0 aliphatic heterocycles. The number of aromatic hydroxyl groups is 1. The first-order valence-electron chi connectivity index (χ1n) is 2.99. The van der Waals surface area contributed by atoms with E-state index in [2.05, 4.69) is 4.98 Å². The molecule has 2 rings (SSSR count). The molecule has 0 saturated heterocycles. The lowest BCUT2D eigenvalue weighted by Gasteiger charge is -1.86. The molecule has 2 aromatic heterocycles.